The van der Waals surface area contributed by atoms with Crippen LogP contribution in [0.5, 0.6) is 11.5 Å². The smallest absolute Gasteiger partial charge is 0.339 e. The highest BCUT2D eigenvalue weighted by atomic mass is 16.5. The molecule has 1 aromatic carbocycles. The van der Waals surface area contributed by atoms with E-state index in [0.29, 0.717) is 12.2 Å². The SMILES string of the molecule is C=C(C)[C@H]1Cc2c(OC)cc(CCCCC)c(C(=O)O)c2O1. The first-order valence-electron chi connectivity index (χ1n) is 7.77. The van der Waals surface area contributed by atoms with E-state index in [4.69, 9.17) is 9.47 Å². The van der Waals surface area contributed by atoms with E-state index in [9.17, 15) is 9.90 Å². The highest BCUT2D eigenvalue weighted by molar-refractivity contribution is 5.94. The van der Waals surface area contributed by atoms with Gasteiger partial charge in [-0.2, -0.15) is 0 Å². The Bertz CT molecular complexity index is 589. The molecule has 4 nitrogen and oxygen atoms in total. The minimum absolute atomic E-state index is 0.173. The largest absolute Gasteiger partial charge is 0.496 e. The fraction of sp³-hybridized carbons (Fsp3) is 0.500. The third-order valence-corrected chi connectivity index (χ3v) is 4.11. The third-order valence-electron chi connectivity index (χ3n) is 4.11. The molecule has 4 heteroatoms. The lowest BCUT2D eigenvalue weighted by molar-refractivity contribution is 0.0690. The first kappa shape index (κ1) is 16.4. The summed E-state index contributed by atoms with van der Waals surface area (Å²) in [7, 11) is 1.61. The second-order valence-electron chi connectivity index (χ2n) is 5.84. The highest BCUT2D eigenvalue weighted by Crippen LogP contribution is 2.42. The number of carboxylic acid groups (broad SMARTS) is 1. The molecule has 0 aromatic heterocycles. The number of hydrogen-bond acceptors (Lipinski definition) is 3. The molecule has 2 rings (SSSR count). The molecule has 1 aliphatic rings. The van der Waals surface area contributed by atoms with Gasteiger partial charge >= 0.3 is 5.97 Å². The van der Waals surface area contributed by atoms with Crippen molar-refractivity contribution in [3.8, 4) is 11.5 Å². The van der Waals surface area contributed by atoms with Crippen molar-refractivity contribution in [1.82, 2.24) is 0 Å². The zero-order chi connectivity index (χ0) is 16.3. The summed E-state index contributed by atoms with van der Waals surface area (Å²) >= 11 is 0. The van der Waals surface area contributed by atoms with Gasteiger partial charge in [0.2, 0.25) is 0 Å². The molecule has 0 saturated carbocycles. The van der Waals surface area contributed by atoms with Crippen LogP contribution in [0.25, 0.3) is 0 Å². The normalized spacial score (nSPS) is 16.0. The van der Waals surface area contributed by atoms with Crippen LogP contribution in [0.15, 0.2) is 18.2 Å². The number of unbranched alkanes of at least 4 members (excludes halogenated alkanes) is 2. The summed E-state index contributed by atoms with van der Waals surface area (Å²) in [6.45, 7) is 7.94. The van der Waals surface area contributed by atoms with Crippen molar-refractivity contribution in [1.29, 1.82) is 0 Å². The quantitative estimate of drug-likeness (QED) is 0.611. The van der Waals surface area contributed by atoms with E-state index < -0.39 is 5.97 Å². The molecule has 0 radical (unpaired) electrons. The van der Waals surface area contributed by atoms with Gasteiger partial charge in [-0.25, -0.2) is 4.79 Å². The lowest BCUT2D eigenvalue weighted by atomic mass is 9.95. The van der Waals surface area contributed by atoms with E-state index in [1.54, 1.807) is 7.11 Å². The van der Waals surface area contributed by atoms with Gasteiger partial charge < -0.3 is 14.6 Å². The van der Waals surface area contributed by atoms with Gasteiger partial charge in [0.25, 0.3) is 0 Å². The number of hydrogen-bond donors (Lipinski definition) is 1. The van der Waals surface area contributed by atoms with Crippen molar-refractivity contribution in [3.05, 3.63) is 34.9 Å². The molecule has 0 fully saturated rings. The molecule has 0 unspecified atom stereocenters. The molecule has 0 saturated heterocycles. The van der Waals surface area contributed by atoms with Crippen molar-refractivity contribution in [2.75, 3.05) is 7.11 Å². The second-order valence-corrected chi connectivity index (χ2v) is 5.84. The van der Waals surface area contributed by atoms with Crippen LogP contribution in [0, 0.1) is 0 Å². The van der Waals surface area contributed by atoms with E-state index >= 15 is 0 Å². The van der Waals surface area contributed by atoms with E-state index in [-0.39, 0.29) is 11.7 Å². The monoisotopic (exact) mass is 304 g/mol. The number of aryl methyl sites for hydroxylation is 1. The predicted octanol–water partition coefficient (Wildman–Crippen LogP) is 4.01. The van der Waals surface area contributed by atoms with Gasteiger partial charge in [0, 0.05) is 12.0 Å². The molecular formula is C18H24O4. The number of methoxy groups -OCH3 is 1. The fourth-order valence-electron chi connectivity index (χ4n) is 2.87. The number of benzene rings is 1. The molecule has 1 heterocycles. The topological polar surface area (TPSA) is 55.8 Å². The first-order chi connectivity index (χ1) is 10.5. The van der Waals surface area contributed by atoms with Gasteiger partial charge in [-0.1, -0.05) is 26.3 Å². The molecule has 1 atom stereocenters. The van der Waals surface area contributed by atoms with Crippen LogP contribution in [-0.2, 0) is 12.8 Å². The Hall–Kier alpha value is -1.97. The van der Waals surface area contributed by atoms with E-state index in [2.05, 4.69) is 13.5 Å². The number of ether oxygens (including phenoxy) is 2. The highest BCUT2D eigenvalue weighted by Gasteiger charge is 2.33. The van der Waals surface area contributed by atoms with Crippen molar-refractivity contribution >= 4 is 5.97 Å². The summed E-state index contributed by atoms with van der Waals surface area (Å²) in [6, 6.07) is 1.86. The average molecular weight is 304 g/mol. The van der Waals surface area contributed by atoms with E-state index in [0.717, 1.165) is 48.1 Å². The van der Waals surface area contributed by atoms with Gasteiger partial charge in [0.15, 0.2) is 0 Å². The van der Waals surface area contributed by atoms with Crippen LogP contribution < -0.4 is 9.47 Å². The molecule has 0 aliphatic carbocycles. The molecule has 0 bridgehead atoms. The molecule has 1 aliphatic heterocycles. The van der Waals surface area contributed by atoms with Crippen LogP contribution in [0.3, 0.4) is 0 Å². The Balaban J connectivity index is 2.47. The van der Waals surface area contributed by atoms with Crippen molar-refractivity contribution in [3.63, 3.8) is 0 Å². The third kappa shape index (κ3) is 3.11. The summed E-state index contributed by atoms with van der Waals surface area (Å²) in [5.41, 5.74) is 2.81. The van der Waals surface area contributed by atoms with E-state index in [1.165, 1.54) is 0 Å². The van der Waals surface area contributed by atoms with Crippen molar-refractivity contribution < 1.29 is 19.4 Å². The van der Waals surface area contributed by atoms with Gasteiger partial charge in [-0.3, -0.25) is 0 Å². The van der Waals surface area contributed by atoms with Gasteiger partial charge in [0.1, 0.15) is 23.2 Å². The average Bonchev–Trinajstić information content (AvgIpc) is 2.91. The zero-order valence-corrected chi connectivity index (χ0v) is 13.6. The van der Waals surface area contributed by atoms with Crippen LogP contribution in [0.4, 0.5) is 0 Å². The Morgan fingerprint density at radius 3 is 2.77 bits per heavy atom. The second kappa shape index (κ2) is 6.86. The number of carbonyl (C=O) groups is 1. The van der Waals surface area contributed by atoms with Gasteiger partial charge in [-0.15, -0.1) is 0 Å². The summed E-state index contributed by atoms with van der Waals surface area (Å²) in [6.07, 6.45) is 4.30. The summed E-state index contributed by atoms with van der Waals surface area (Å²) in [4.78, 5) is 11.7. The van der Waals surface area contributed by atoms with E-state index in [1.807, 2.05) is 13.0 Å². The lowest BCUT2D eigenvalue weighted by Gasteiger charge is -2.14. The maximum atomic E-state index is 11.7. The fourth-order valence-corrected chi connectivity index (χ4v) is 2.87. The van der Waals surface area contributed by atoms with Crippen molar-refractivity contribution in [2.24, 2.45) is 0 Å². The Kier molecular flexibility index (Phi) is 5.11. The Labute approximate surface area is 131 Å². The molecule has 120 valence electrons. The summed E-state index contributed by atoms with van der Waals surface area (Å²) in [5.74, 6) is 0.245. The maximum Gasteiger partial charge on any atom is 0.339 e. The van der Waals surface area contributed by atoms with Crippen molar-refractivity contribution in [2.45, 2.75) is 52.1 Å². The molecule has 1 aromatic rings. The molecule has 22 heavy (non-hydrogen) atoms. The number of fused-ring (bicyclic) bond motifs is 1. The van der Waals surface area contributed by atoms with Crippen LogP contribution in [-0.4, -0.2) is 24.3 Å². The number of rotatable bonds is 7. The molecular weight excluding hydrogens is 280 g/mol. The van der Waals surface area contributed by atoms with Gasteiger partial charge in [-0.05, 0) is 37.0 Å². The minimum atomic E-state index is -0.937. The summed E-state index contributed by atoms with van der Waals surface area (Å²) < 4.78 is 11.4. The lowest BCUT2D eigenvalue weighted by Crippen LogP contribution is -2.14. The Morgan fingerprint density at radius 1 is 1.50 bits per heavy atom. The molecule has 1 N–H and O–H groups in total. The standard InChI is InChI=1S/C18H24O4/c1-5-6-7-8-12-9-15(21-4)13-10-14(11(2)3)22-17(13)16(12)18(19)20/h9,14H,2,5-8,10H2,1,3-4H3,(H,19,20)/t14-/m1/s1. The predicted molar refractivity (Wildman–Crippen MR) is 86.1 cm³/mol. The van der Waals surface area contributed by atoms with Gasteiger partial charge in [0.05, 0.1) is 7.11 Å². The first-order valence-corrected chi connectivity index (χ1v) is 7.77. The van der Waals surface area contributed by atoms with Crippen LogP contribution in [0.2, 0.25) is 0 Å². The Morgan fingerprint density at radius 2 is 2.23 bits per heavy atom. The molecule has 0 amide bonds. The maximum absolute atomic E-state index is 11.7. The zero-order valence-electron chi connectivity index (χ0n) is 13.6. The number of aromatic carboxylic acids is 1. The molecule has 0 spiro atoms. The summed E-state index contributed by atoms with van der Waals surface area (Å²) in [5, 5.41) is 9.63. The van der Waals surface area contributed by atoms with Crippen LogP contribution >= 0.6 is 0 Å². The minimum Gasteiger partial charge on any atom is -0.496 e. The number of carboxylic acids is 1. The van der Waals surface area contributed by atoms with Crippen LogP contribution in [0.1, 0.15) is 54.6 Å².